The Morgan fingerprint density at radius 1 is 1.03 bits per heavy atom. The molecule has 0 bridgehead atoms. The zero-order valence-corrected chi connectivity index (χ0v) is 18.6. The van der Waals surface area contributed by atoms with Crippen molar-refractivity contribution in [2.45, 2.75) is 20.8 Å². The molecule has 0 spiro atoms. The fraction of sp³-hybridized carbons (Fsp3) is 0.261. The van der Waals surface area contributed by atoms with Crippen LogP contribution in [0.3, 0.4) is 0 Å². The van der Waals surface area contributed by atoms with Crippen LogP contribution in [-0.2, 0) is 7.05 Å². The summed E-state index contributed by atoms with van der Waals surface area (Å²) in [5.41, 5.74) is 4.98. The molecule has 5 aromatic rings. The van der Waals surface area contributed by atoms with Crippen molar-refractivity contribution in [2.75, 3.05) is 13.7 Å². The van der Waals surface area contributed by atoms with E-state index in [1.807, 2.05) is 56.8 Å². The molecule has 5 heterocycles. The smallest absolute Gasteiger partial charge is 0.244 e. The summed E-state index contributed by atoms with van der Waals surface area (Å²) < 4.78 is 15.2. The molecule has 0 saturated carbocycles. The van der Waals surface area contributed by atoms with Gasteiger partial charge in [0.2, 0.25) is 5.88 Å². The molecule has 0 aliphatic heterocycles. The standard InChI is InChI=1S/C23H23N7O2/c1-6-32-23-22-19(29(4)14(3)27-22)10-21(28-23)30-18-9-17(26-13(2)15(18)12-25-30)16-11-24-8-7-20(16)31-5/h7-12H,6H2,1-5H3. The number of imidazole rings is 1. The van der Waals surface area contributed by atoms with E-state index in [0.717, 1.165) is 44.7 Å². The van der Waals surface area contributed by atoms with Crippen LogP contribution in [-0.4, -0.2) is 48.0 Å². The molecule has 0 aliphatic rings. The predicted molar refractivity (Wildman–Crippen MR) is 121 cm³/mol. The minimum atomic E-state index is 0.493. The van der Waals surface area contributed by atoms with Crippen molar-refractivity contribution in [3.05, 3.63) is 48.3 Å². The normalized spacial score (nSPS) is 11.4. The minimum absolute atomic E-state index is 0.493. The maximum Gasteiger partial charge on any atom is 0.244 e. The van der Waals surface area contributed by atoms with E-state index in [4.69, 9.17) is 19.4 Å². The fourth-order valence-electron chi connectivity index (χ4n) is 3.86. The Bertz CT molecular complexity index is 1470. The average Bonchev–Trinajstić information content (AvgIpc) is 3.35. The summed E-state index contributed by atoms with van der Waals surface area (Å²) in [5, 5.41) is 5.57. The lowest BCUT2D eigenvalue weighted by Crippen LogP contribution is -2.04. The van der Waals surface area contributed by atoms with Crippen molar-refractivity contribution in [1.82, 2.24) is 34.3 Å². The summed E-state index contributed by atoms with van der Waals surface area (Å²) in [7, 11) is 3.62. The first-order valence-electron chi connectivity index (χ1n) is 10.3. The maximum absolute atomic E-state index is 5.82. The van der Waals surface area contributed by atoms with Gasteiger partial charge in [-0.3, -0.25) is 9.97 Å². The van der Waals surface area contributed by atoms with Crippen LogP contribution >= 0.6 is 0 Å². The molecule has 32 heavy (non-hydrogen) atoms. The lowest BCUT2D eigenvalue weighted by Gasteiger charge is -2.11. The van der Waals surface area contributed by atoms with E-state index in [1.165, 1.54) is 0 Å². The number of hydrogen-bond acceptors (Lipinski definition) is 7. The highest BCUT2D eigenvalue weighted by molar-refractivity contribution is 5.88. The van der Waals surface area contributed by atoms with E-state index in [-0.39, 0.29) is 0 Å². The lowest BCUT2D eigenvalue weighted by atomic mass is 10.1. The largest absolute Gasteiger partial charge is 0.496 e. The lowest BCUT2D eigenvalue weighted by molar-refractivity contribution is 0.330. The first-order valence-corrected chi connectivity index (χ1v) is 10.3. The third kappa shape index (κ3) is 3.05. The Hall–Kier alpha value is -4.01. The van der Waals surface area contributed by atoms with Crippen molar-refractivity contribution >= 4 is 21.9 Å². The van der Waals surface area contributed by atoms with Crippen molar-refractivity contribution in [2.24, 2.45) is 7.05 Å². The molecule has 0 amide bonds. The summed E-state index contributed by atoms with van der Waals surface area (Å²) in [5.74, 6) is 2.73. The SMILES string of the molecule is CCOc1nc(-n2ncc3c(C)nc(-c4cnccc4OC)cc32)cc2c1nc(C)n2C. The Balaban J connectivity index is 1.76. The van der Waals surface area contributed by atoms with Gasteiger partial charge in [0, 0.05) is 36.6 Å². The molecule has 0 fully saturated rings. The molecule has 0 N–H and O–H groups in total. The summed E-state index contributed by atoms with van der Waals surface area (Å²) >= 11 is 0. The Morgan fingerprint density at radius 2 is 1.88 bits per heavy atom. The summed E-state index contributed by atoms with van der Waals surface area (Å²) in [6.07, 6.45) is 5.26. The first-order chi connectivity index (χ1) is 15.5. The number of ether oxygens (including phenoxy) is 2. The Kier molecular flexibility index (Phi) is 4.73. The third-order valence-corrected chi connectivity index (χ3v) is 5.58. The number of aryl methyl sites for hydroxylation is 3. The molecule has 9 heteroatoms. The molecular weight excluding hydrogens is 406 g/mol. The van der Waals surface area contributed by atoms with Crippen molar-refractivity contribution < 1.29 is 9.47 Å². The number of aromatic nitrogens is 7. The molecule has 0 aromatic carbocycles. The first kappa shape index (κ1) is 19.9. The van der Waals surface area contributed by atoms with Crippen molar-refractivity contribution in [1.29, 1.82) is 0 Å². The van der Waals surface area contributed by atoms with Crippen LogP contribution in [0.15, 0.2) is 36.8 Å². The summed E-state index contributed by atoms with van der Waals surface area (Å²) in [4.78, 5) is 18.4. The second-order valence-electron chi connectivity index (χ2n) is 7.46. The average molecular weight is 429 g/mol. The second-order valence-corrected chi connectivity index (χ2v) is 7.46. The van der Waals surface area contributed by atoms with Crippen LogP contribution in [0.2, 0.25) is 0 Å². The number of hydrogen-bond donors (Lipinski definition) is 0. The fourth-order valence-corrected chi connectivity index (χ4v) is 3.86. The van der Waals surface area contributed by atoms with Gasteiger partial charge in [-0.05, 0) is 32.9 Å². The second kappa shape index (κ2) is 7.60. The molecule has 9 nitrogen and oxygen atoms in total. The minimum Gasteiger partial charge on any atom is -0.496 e. The van der Waals surface area contributed by atoms with E-state index in [1.54, 1.807) is 24.2 Å². The molecule has 162 valence electrons. The molecular formula is C23H23N7O2. The van der Waals surface area contributed by atoms with Gasteiger partial charge in [-0.15, -0.1) is 0 Å². The van der Waals surface area contributed by atoms with Gasteiger partial charge >= 0.3 is 0 Å². The van der Waals surface area contributed by atoms with E-state index in [2.05, 4.69) is 15.1 Å². The number of methoxy groups -OCH3 is 1. The van der Waals surface area contributed by atoms with E-state index in [0.29, 0.717) is 24.1 Å². The molecule has 0 radical (unpaired) electrons. The molecule has 0 atom stereocenters. The van der Waals surface area contributed by atoms with Crippen LogP contribution in [0, 0.1) is 13.8 Å². The zero-order chi connectivity index (χ0) is 22.4. The monoisotopic (exact) mass is 429 g/mol. The third-order valence-electron chi connectivity index (χ3n) is 5.58. The Morgan fingerprint density at radius 3 is 2.66 bits per heavy atom. The number of pyridine rings is 3. The molecule has 0 unspecified atom stereocenters. The molecule has 5 rings (SSSR count). The Labute approximate surface area is 184 Å². The highest BCUT2D eigenvalue weighted by Crippen LogP contribution is 2.32. The zero-order valence-electron chi connectivity index (χ0n) is 18.6. The van der Waals surface area contributed by atoms with Crippen molar-refractivity contribution in [3.63, 3.8) is 0 Å². The van der Waals surface area contributed by atoms with Crippen LogP contribution in [0.4, 0.5) is 0 Å². The van der Waals surface area contributed by atoms with Gasteiger partial charge < -0.3 is 14.0 Å². The van der Waals surface area contributed by atoms with E-state index in [9.17, 15) is 0 Å². The summed E-state index contributed by atoms with van der Waals surface area (Å²) in [6.45, 7) is 6.35. The topological polar surface area (TPSA) is 92.8 Å². The van der Waals surface area contributed by atoms with Gasteiger partial charge in [0.1, 0.15) is 11.6 Å². The highest BCUT2D eigenvalue weighted by Gasteiger charge is 2.18. The van der Waals surface area contributed by atoms with Gasteiger partial charge in [0.05, 0.1) is 42.2 Å². The van der Waals surface area contributed by atoms with Crippen molar-refractivity contribution in [3.8, 4) is 28.7 Å². The van der Waals surface area contributed by atoms with E-state index >= 15 is 0 Å². The van der Waals surface area contributed by atoms with Gasteiger partial charge in [0.25, 0.3) is 0 Å². The number of fused-ring (bicyclic) bond motifs is 2. The maximum atomic E-state index is 5.82. The van der Waals surface area contributed by atoms with Crippen LogP contribution in [0.25, 0.3) is 39.0 Å². The molecule has 0 saturated heterocycles. The van der Waals surface area contributed by atoms with Crippen LogP contribution < -0.4 is 9.47 Å². The van der Waals surface area contributed by atoms with Gasteiger partial charge in [-0.2, -0.15) is 10.1 Å². The van der Waals surface area contributed by atoms with Crippen LogP contribution in [0.1, 0.15) is 18.4 Å². The van der Waals surface area contributed by atoms with Gasteiger partial charge in [-0.1, -0.05) is 0 Å². The van der Waals surface area contributed by atoms with Gasteiger partial charge in [0.15, 0.2) is 11.3 Å². The molecule has 0 aliphatic carbocycles. The van der Waals surface area contributed by atoms with Crippen LogP contribution in [0.5, 0.6) is 11.6 Å². The van der Waals surface area contributed by atoms with E-state index < -0.39 is 0 Å². The number of nitrogens with zero attached hydrogens (tertiary/aromatic N) is 7. The van der Waals surface area contributed by atoms with Gasteiger partial charge in [-0.25, -0.2) is 9.67 Å². The number of rotatable bonds is 5. The predicted octanol–water partition coefficient (Wildman–Crippen LogP) is 3.79. The summed E-state index contributed by atoms with van der Waals surface area (Å²) in [6, 6.07) is 5.78. The highest BCUT2D eigenvalue weighted by atomic mass is 16.5. The quantitative estimate of drug-likeness (QED) is 0.420. The molecule has 5 aromatic heterocycles.